The molecule has 7 nitrogen and oxygen atoms in total. The summed E-state index contributed by atoms with van der Waals surface area (Å²) in [6, 6.07) is 36.5. The predicted octanol–water partition coefficient (Wildman–Crippen LogP) is 7.84. The van der Waals surface area contributed by atoms with Crippen molar-refractivity contribution in [3.05, 3.63) is 150 Å². The molecular formula is C41H48O7. The van der Waals surface area contributed by atoms with Crippen molar-refractivity contribution in [3.8, 4) is 5.75 Å². The Balaban J connectivity index is 1.43. The van der Waals surface area contributed by atoms with Gasteiger partial charge >= 0.3 is 0 Å². The van der Waals surface area contributed by atoms with E-state index in [1.165, 1.54) is 5.56 Å². The standard InChI is InChI=1S/C41H48O7/c1-5-24-45-40-39(47-28-34-14-10-7-11-15-34)38(46-27-33-12-8-6-9-13-33)32(3)41(48-40,29-43-25-35-18-16-31(2)17-19-35)30-44-26-36-20-22-37(42-4)23-21-36/h5-23,32,38-40H,1,24-30H2,2-4H3/t32-,38-,39+,40?,41-/m0/s1. The highest BCUT2D eigenvalue weighted by Crippen LogP contribution is 2.40. The lowest BCUT2D eigenvalue weighted by molar-refractivity contribution is -0.348. The number of methoxy groups -OCH3 is 1. The van der Waals surface area contributed by atoms with Gasteiger partial charge < -0.3 is 33.2 Å². The van der Waals surface area contributed by atoms with Crippen LogP contribution in [0.4, 0.5) is 0 Å². The van der Waals surface area contributed by atoms with Crippen molar-refractivity contribution < 1.29 is 33.2 Å². The average Bonchev–Trinajstić information content (AvgIpc) is 3.12. The molecule has 4 aromatic rings. The normalized spacial score (nSPS) is 22.3. The molecular weight excluding hydrogens is 604 g/mol. The molecule has 254 valence electrons. The fourth-order valence-corrected chi connectivity index (χ4v) is 5.84. The van der Waals surface area contributed by atoms with Crippen molar-refractivity contribution in [1.29, 1.82) is 0 Å². The first-order valence-corrected chi connectivity index (χ1v) is 16.5. The third-order valence-electron chi connectivity index (χ3n) is 8.72. The van der Waals surface area contributed by atoms with Gasteiger partial charge in [-0.05, 0) is 41.3 Å². The predicted molar refractivity (Wildman–Crippen MR) is 186 cm³/mol. The van der Waals surface area contributed by atoms with Crippen molar-refractivity contribution in [3.63, 3.8) is 0 Å². The van der Waals surface area contributed by atoms with E-state index in [1.807, 2.05) is 72.8 Å². The summed E-state index contributed by atoms with van der Waals surface area (Å²) in [7, 11) is 1.66. The molecule has 0 bridgehead atoms. The van der Waals surface area contributed by atoms with Crippen LogP contribution in [0.5, 0.6) is 5.75 Å². The second-order valence-corrected chi connectivity index (χ2v) is 12.3. The molecule has 0 amide bonds. The van der Waals surface area contributed by atoms with E-state index in [2.05, 4.69) is 56.8 Å². The van der Waals surface area contributed by atoms with E-state index >= 15 is 0 Å². The minimum Gasteiger partial charge on any atom is -0.497 e. The Morgan fingerprint density at radius 1 is 0.646 bits per heavy atom. The first-order valence-electron chi connectivity index (χ1n) is 16.5. The molecule has 7 heteroatoms. The summed E-state index contributed by atoms with van der Waals surface area (Å²) in [5, 5.41) is 0. The number of hydrogen-bond acceptors (Lipinski definition) is 7. The van der Waals surface area contributed by atoms with Crippen LogP contribution in [-0.2, 0) is 54.8 Å². The highest BCUT2D eigenvalue weighted by Gasteiger charge is 2.55. The zero-order chi connectivity index (χ0) is 33.6. The van der Waals surface area contributed by atoms with Crippen molar-refractivity contribution in [2.75, 3.05) is 26.9 Å². The van der Waals surface area contributed by atoms with Crippen LogP contribution in [0.3, 0.4) is 0 Å². The van der Waals surface area contributed by atoms with E-state index in [4.69, 9.17) is 33.2 Å². The van der Waals surface area contributed by atoms with Crippen LogP contribution < -0.4 is 4.74 Å². The lowest BCUT2D eigenvalue weighted by atomic mass is 9.80. The summed E-state index contributed by atoms with van der Waals surface area (Å²) in [5.41, 5.74) is 4.51. The van der Waals surface area contributed by atoms with Gasteiger partial charge in [-0.25, -0.2) is 0 Å². The van der Waals surface area contributed by atoms with Crippen molar-refractivity contribution >= 4 is 0 Å². The first kappa shape index (κ1) is 35.5. The van der Waals surface area contributed by atoms with Gasteiger partial charge in [0.1, 0.15) is 17.5 Å². The highest BCUT2D eigenvalue weighted by atomic mass is 16.7. The van der Waals surface area contributed by atoms with Gasteiger partial charge in [0, 0.05) is 5.92 Å². The van der Waals surface area contributed by atoms with Crippen molar-refractivity contribution in [2.24, 2.45) is 5.92 Å². The third kappa shape index (κ3) is 9.86. The maximum atomic E-state index is 6.96. The van der Waals surface area contributed by atoms with E-state index in [-0.39, 0.29) is 25.7 Å². The summed E-state index contributed by atoms with van der Waals surface area (Å²) in [6.45, 7) is 10.5. The molecule has 48 heavy (non-hydrogen) atoms. The summed E-state index contributed by atoms with van der Waals surface area (Å²) < 4.78 is 44.9. The molecule has 1 aliphatic rings. The van der Waals surface area contributed by atoms with Crippen LogP contribution in [0.25, 0.3) is 0 Å². The molecule has 1 saturated heterocycles. The Hall–Kier alpha value is -3.82. The Kier molecular flexibility index (Phi) is 13.4. The van der Waals surface area contributed by atoms with Crippen LogP contribution in [0, 0.1) is 12.8 Å². The topological polar surface area (TPSA) is 64.6 Å². The van der Waals surface area contributed by atoms with Gasteiger partial charge in [-0.3, -0.25) is 0 Å². The van der Waals surface area contributed by atoms with Crippen LogP contribution in [0.1, 0.15) is 34.7 Å². The van der Waals surface area contributed by atoms with Gasteiger partial charge in [0.15, 0.2) is 6.29 Å². The molecule has 1 fully saturated rings. The maximum absolute atomic E-state index is 6.96. The second-order valence-electron chi connectivity index (χ2n) is 12.3. The highest BCUT2D eigenvalue weighted by molar-refractivity contribution is 5.26. The Bertz CT molecular complexity index is 1490. The molecule has 4 aromatic carbocycles. The molecule has 0 spiro atoms. The quantitative estimate of drug-likeness (QED) is 0.102. The van der Waals surface area contributed by atoms with Gasteiger partial charge in [0.2, 0.25) is 0 Å². The zero-order valence-electron chi connectivity index (χ0n) is 28.3. The number of benzene rings is 4. The maximum Gasteiger partial charge on any atom is 0.187 e. The largest absolute Gasteiger partial charge is 0.497 e. The smallest absolute Gasteiger partial charge is 0.187 e. The van der Waals surface area contributed by atoms with Crippen molar-refractivity contribution in [1.82, 2.24) is 0 Å². The molecule has 1 aliphatic heterocycles. The Morgan fingerprint density at radius 2 is 1.15 bits per heavy atom. The van der Waals surface area contributed by atoms with Gasteiger partial charge in [-0.2, -0.15) is 0 Å². The number of hydrogen-bond donors (Lipinski definition) is 0. The summed E-state index contributed by atoms with van der Waals surface area (Å²) in [4.78, 5) is 0. The van der Waals surface area contributed by atoms with E-state index in [9.17, 15) is 0 Å². The van der Waals surface area contributed by atoms with Gasteiger partial charge in [0.05, 0.1) is 59.5 Å². The summed E-state index contributed by atoms with van der Waals surface area (Å²) in [6.07, 6.45) is 0.00239. The van der Waals surface area contributed by atoms with E-state index < -0.39 is 24.1 Å². The molecule has 5 rings (SSSR count). The van der Waals surface area contributed by atoms with E-state index in [0.29, 0.717) is 26.4 Å². The first-order chi connectivity index (χ1) is 23.5. The molecule has 1 unspecified atom stereocenters. The SMILES string of the molecule is C=CCOC1O[C@@](COCc2ccc(C)cc2)(COCc2ccc(OC)cc2)[C@@H](C)[C@H](OCc2ccccc2)[C@H]1OCc1ccccc1. The average molecular weight is 653 g/mol. The molecule has 0 radical (unpaired) electrons. The summed E-state index contributed by atoms with van der Waals surface area (Å²) >= 11 is 0. The number of ether oxygens (including phenoxy) is 7. The van der Waals surface area contributed by atoms with Crippen molar-refractivity contribution in [2.45, 2.75) is 64.4 Å². The molecule has 1 heterocycles. The second kappa shape index (κ2) is 18.1. The third-order valence-corrected chi connectivity index (χ3v) is 8.72. The Labute approximate surface area is 285 Å². The molecule has 0 aliphatic carbocycles. The molecule has 0 saturated carbocycles. The molecule has 0 N–H and O–H groups in total. The fourth-order valence-electron chi connectivity index (χ4n) is 5.84. The number of rotatable bonds is 18. The van der Waals surface area contributed by atoms with Gasteiger partial charge in [-0.1, -0.05) is 116 Å². The zero-order valence-corrected chi connectivity index (χ0v) is 28.3. The Morgan fingerprint density at radius 3 is 1.67 bits per heavy atom. The fraction of sp³-hybridized carbons (Fsp3) is 0.366. The van der Waals surface area contributed by atoms with Gasteiger partial charge in [0.25, 0.3) is 0 Å². The molecule has 5 atom stereocenters. The minimum atomic E-state index is -0.920. The number of aryl methyl sites for hydroxylation is 1. The van der Waals surface area contributed by atoms with Crippen LogP contribution in [0.15, 0.2) is 122 Å². The van der Waals surface area contributed by atoms with E-state index in [1.54, 1.807) is 13.2 Å². The minimum absolute atomic E-state index is 0.209. The monoisotopic (exact) mass is 652 g/mol. The summed E-state index contributed by atoms with van der Waals surface area (Å²) in [5.74, 6) is 0.588. The molecule has 0 aromatic heterocycles. The van der Waals surface area contributed by atoms with Crippen LogP contribution in [0.2, 0.25) is 0 Å². The van der Waals surface area contributed by atoms with Crippen LogP contribution >= 0.6 is 0 Å². The van der Waals surface area contributed by atoms with E-state index in [0.717, 1.165) is 28.0 Å². The lowest BCUT2D eigenvalue weighted by Crippen LogP contribution is -2.65. The van der Waals surface area contributed by atoms with Gasteiger partial charge in [-0.15, -0.1) is 6.58 Å². The lowest BCUT2D eigenvalue weighted by Gasteiger charge is -2.51. The van der Waals surface area contributed by atoms with Crippen LogP contribution in [-0.4, -0.2) is 51.0 Å².